The van der Waals surface area contributed by atoms with E-state index in [2.05, 4.69) is 0 Å². The van der Waals surface area contributed by atoms with Crippen LogP contribution in [0.3, 0.4) is 0 Å². The summed E-state index contributed by atoms with van der Waals surface area (Å²) in [4.78, 5) is 20.5. The van der Waals surface area contributed by atoms with Crippen LogP contribution in [0.1, 0.15) is 17.3 Å². The molecule has 0 aliphatic heterocycles. The summed E-state index contributed by atoms with van der Waals surface area (Å²) in [6, 6.07) is 5.45. The topological polar surface area (TPSA) is 93.2 Å². The first-order valence-electron chi connectivity index (χ1n) is 4.38. The molecule has 82 valence electrons. The number of hydrogen-bond donors (Lipinski definition) is 0. The van der Waals surface area contributed by atoms with Gasteiger partial charge in [-0.05, 0) is 13.0 Å². The van der Waals surface area contributed by atoms with Gasteiger partial charge in [-0.1, -0.05) is 0 Å². The minimum Gasteiger partial charge on any atom is -0.475 e. The molecular weight excluding hydrogens is 212 g/mol. The van der Waals surface area contributed by atoms with Crippen LogP contribution in [-0.4, -0.2) is 17.3 Å². The van der Waals surface area contributed by atoms with Crippen LogP contribution in [0.15, 0.2) is 18.2 Å². The maximum atomic E-state index is 10.7. The molecule has 0 aliphatic rings. The number of ether oxygens (including phenoxy) is 1. The lowest BCUT2D eigenvalue weighted by Crippen LogP contribution is -2.09. The molecule has 0 heterocycles. The molecule has 0 N–H and O–H groups in total. The van der Waals surface area contributed by atoms with Gasteiger partial charge in [-0.25, -0.2) is 0 Å². The summed E-state index contributed by atoms with van der Waals surface area (Å²) in [6.07, 6.45) is -0.271. The van der Waals surface area contributed by atoms with Crippen LogP contribution < -0.4 is 4.74 Å². The fourth-order valence-electron chi connectivity index (χ4n) is 1.07. The van der Waals surface area contributed by atoms with E-state index in [4.69, 9.17) is 10.00 Å². The molecular formula is C10H8N2O4. The Morgan fingerprint density at radius 1 is 1.62 bits per heavy atom. The maximum Gasteiger partial charge on any atom is 0.270 e. The highest BCUT2D eigenvalue weighted by Crippen LogP contribution is 2.23. The van der Waals surface area contributed by atoms with E-state index in [1.165, 1.54) is 19.1 Å². The molecule has 0 spiro atoms. The molecule has 0 amide bonds. The number of carbonyl (C=O) groups excluding carboxylic acids is 1. The predicted octanol–water partition coefficient (Wildman–Crippen LogP) is 1.70. The first kappa shape index (κ1) is 11.7. The number of aldehydes is 1. The van der Waals surface area contributed by atoms with Gasteiger partial charge in [-0.3, -0.25) is 14.9 Å². The van der Waals surface area contributed by atoms with Crippen LogP contribution >= 0.6 is 0 Å². The van der Waals surface area contributed by atoms with E-state index in [1.807, 2.05) is 6.07 Å². The highest BCUT2D eigenvalue weighted by atomic mass is 16.6. The molecule has 16 heavy (non-hydrogen) atoms. The number of benzene rings is 1. The van der Waals surface area contributed by atoms with Crippen LogP contribution in [0.5, 0.6) is 5.75 Å². The van der Waals surface area contributed by atoms with Crippen molar-refractivity contribution in [2.75, 3.05) is 0 Å². The van der Waals surface area contributed by atoms with Gasteiger partial charge in [-0.15, -0.1) is 0 Å². The third kappa shape index (κ3) is 2.54. The first-order valence-corrected chi connectivity index (χ1v) is 4.38. The Labute approximate surface area is 91.2 Å². The van der Waals surface area contributed by atoms with Gasteiger partial charge in [0.2, 0.25) is 0 Å². The third-order valence-corrected chi connectivity index (χ3v) is 1.82. The monoisotopic (exact) mass is 220 g/mol. The van der Waals surface area contributed by atoms with Crippen molar-refractivity contribution in [3.8, 4) is 11.8 Å². The summed E-state index contributed by atoms with van der Waals surface area (Å²) in [5.41, 5.74) is -0.143. The number of nitro groups is 1. The average Bonchev–Trinajstić information content (AvgIpc) is 2.29. The highest BCUT2D eigenvalue weighted by molar-refractivity contribution is 5.80. The molecule has 0 saturated carbocycles. The van der Waals surface area contributed by atoms with Crippen molar-refractivity contribution in [3.63, 3.8) is 0 Å². The number of rotatable bonds is 4. The fraction of sp³-hybridized carbons (Fsp3) is 0.200. The first-order chi connectivity index (χ1) is 7.58. The molecule has 1 atom stereocenters. The smallest absolute Gasteiger partial charge is 0.270 e. The van der Waals surface area contributed by atoms with Crippen molar-refractivity contribution in [1.82, 2.24) is 0 Å². The van der Waals surface area contributed by atoms with Crippen LogP contribution in [0.2, 0.25) is 0 Å². The summed E-state index contributed by atoms with van der Waals surface area (Å²) in [5.74, 6) is 0.162. The maximum absolute atomic E-state index is 10.7. The zero-order valence-electron chi connectivity index (χ0n) is 8.41. The Morgan fingerprint density at radius 2 is 2.31 bits per heavy atom. The number of non-ortho nitro benzene ring substituents is 1. The fourth-order valence-corrected chi connectivity index (χ4v) is 1.07. The van der Waals surface area contributed by atoms with Crippen LogP contribution in [0.25, 0.3) is 0 Å². The lowest BCUT2D eigenvalue weighted by molar-refractivity contribution is -0.384. The lowest BCUT2D eigenvalue weighted by Gasteiger charge is -2.09. The summed E-state index contributed by atoms with van der Waals surface area (Å²) in [7, 11) is 0. The van der Waals surface area contributed by atoms with Crippen LogP contribution in [0, 0.1) is 21.4 Å². The van der Waals surface area contributed by atoms with Gasteiger partial charge in [-0.2, -0.15) is 5.26 Å². The Kier molecular flexibility index (Phi) is 3.56. The van der Waals surface area contributed by atoms with Crippen molar-refractivity contribution in [2.24, 2.45) is 0 Å². The van der Waals surface area contributed by atoms with Gasteiger partial charge in [0.05, 0.1) is 10.5 Å². The molecule has 0 fully saturated rings. The third-order valence-electron chi connectivity index (χ3n) is 1.82. The largest absolute Gasteiger partial charge is 0.475 e. The number of nitrogens with zero attached hydrogens (tertiary/aromatic N) is 2. The number of nitro benzene ring substituents is 1. The van der Waals surface area contributed by atoms with Crippen molar-refractivity contribution < 1.29 is 14.5 Å². The van der Waals surface area contributed by atoms with Gasteiger partial charge < -0.3 is 4.74 Å². The average molecular weight is 220 g/mol. The van der Waals surface area contributed by atoms with Crippen molar-refractivity contribution in [1.29, 1.82) is 5.26 Å². The molecule has 0 saturated heterocycles. The molecule has 6 nitrogen and oxygen atoms in total. The molecule has 6 heteroatoms. The summed E-state index contributed by atoms with van der Waals surface area (Å²) < 4.78 is 5.11. The van der Waals surface area contributed by atoms with E-state index in [0.29, 0.717) is 6.29 Å². The quantitative estimate of drug-likeness (QED) is 0.437. The normalized spacial score (nSPS) is 11.2. The Morgan fingerprint density at radius 3 is 2.81 bits per heavy atom. The molecule has 0 radical (unpaired) electrons. The SMILES string of the molecule is C[C@H](C#N)Oc1ccc([N+](=O)[O-])cc1C=O. The van der Waals surface area contributed by atoms with E-state index >= 15 is 0 Å². The zero-order chi connectivity index (χ0) is 12.1. The van der Waals surface area contributed by atoms with Crippen molar-refractivity contribution in [2.45, 2.75) is 13.0 Å². The summed E-state index contributed by atoms with van der Waals surface area (Å²) in [6.45, 7) is 1.51. The van der Waals surface area contributed by atoms with E-state index in [-0.39, 0.29) is 17.0 Å². The van der Waals surface area contributed by atoms with E-state index in [1.54, 1.807) is 0 Å². The van der Waals surface area contributed by atoms with Gasteiger partial charge in [0, 0.05) is 12.1 Å². The summed E-state index contributed by atoms with van der Waals surface area (Å²) >= 11 is 0. The second kappa shape index (κ2) is 4.89. The Hall–Kier alpha value is -2.42. The second-order valence-corrected chi connectivity index (χ2v) is 2.99. The van der Waals surface area contributed by atoms with Crippen molar-refractivity contribution >= 4 is 12.0 Å². The number of nitriles is 1. The van der Waals surface area contributed by atoms with Gasteiger partial charge in [0.15, 0.2) is 12.4 Å². The minimum atomic E-state index is -0.722. The highest BCUT2D eigenvalue weighted by Gasteiger charge is 2.12. The second-order valence-electron chi connectivity index (χ2n) is 2.99. The predicted molar refractivity (Wildman–Crippen MR) is 54.2 cm³/mol. The van der Waals surface area contributed by atoms with Gasteiger partial charge in [0.1, 0.15) is 11.8 Å². The molecule has 1 aromatic rings. The molecule has 0 unspecified atom stereocenters. The zero-order valence-corrected chi connectivity index (χ0v) is 8.41. The molecule has 0 aromatic heterocycles. The standard InChI is InChI=1S/C10H8N2O4/c1-7(5-11)16-10-3-2-9(12(14)15)4-8(10)6-13/h2-4,6-7H,1H3/t7-/m1/s1. The minimum absolute atomic E-state index is 0.0521. The number of hydrogen-bond acceptors (Lipinski definition) is 5. The number of carbonyl (C=O) groups is 1. The molecule has 1 rings (SSSR count). The molecule has 0 bridgehead atoms. The molecule has 1 aromatic carbocycles. The Balaban J connectivity index is 3.08. The van der Waals surface area contributed by atoms with E-state index in [9.17, 15) is 14.9 Å². The lowest BCUT2D eigenvalue weighted by atomic mass is 10.2. The van der Waals surface area contributed by atoms with Gasteiger partial charge >= 0.3 is 0 Å². The van der Waals surface area contributed by atoms with Crippen LogP contribution in [0.4, 0.5) is 5.69 Å². The van der Waals surface area contributed by atoms with Crippen LogP contribution in [-0.2, 0) is 0 Å². The Bertz CT molecular complexity index is 464. The summed E-state index contributed by atoms with van der Waals surface area (Å²) in [5, 5.41) is 19.0. The molecule has 0 aliphatic carbocycles. The van der Waals surface area contributed by atoms with Crippen molar-refractivity contribution in [3.05, 3.63) is 33.9 Å². The van der Waals surface area contributed by atoms with Gasteiger partial charge in [0.25, 0.3) is 5.69 Å². The van der Waals surface area contributed by atoms with E-state index < -0.39 is 11.0 Å². The van der Waals surface area contributed by atoms with E-state index in [0.717, 1.165) is 6.07 Å².